The van der Waals surface area contributed by atoms with E-state index in [4.69, 9.17) is 0 Å². The van der Waals surface area contributed by atoms with Gasteiger partial charge in [-0.25, -0.2) is 10.2 Å². The molecule has 0 unspecified atom stereocenters. The normalized spacial score (nSPS) is 10.9. The molecular weight excluding hydrogens is 354 g/mol. The number of para-hydroxylation sites is 1. The molecule has 0 spiro atoms. The minimum Gasteiger partial charge on any atom is -0.465 e. The van der Waals surface area contributed by atoms with E-state index in [0.29, 0.717) is 11.4 Å². The van der Waals surface area contributed by atoms with Crippen LogP contribution in [0.5, 0.6) is 0 Å². The van der Waals surface area contributed by atoms with Crippen molar-refractivity contribution in [2.45, 2.75) is 19.8 Å². The van der Waals surface area contributed by atoms with Crippen LogP contribution >= 0.6 is 11.3 Å². The fourth-order valence-corrected chi connectivity index (χ4v) is 2.82. The smallest absolute Gasteiger partial charge is 0.339 e. The summed E-state index contributed by atoms with van der Waals surface area (Å²) >= 11 is 1.49. The van der Waals surface area contributed by atoms with Gasteiger partial charge in [-0.15, -0.1) is 11.3 Å². The summed E-state index contributed by atoms with van der Waals surface area (Å²) in [6, 6.07) is 10.3. The molecule has 2 aromatic rings. The average Bonchev–Trinajstić information content (AvgIpc) is 3.12. The molecule has 7 nitrogen and oxygen atoms in total. The van der Waals surface area contributed by atoms with Crippen LogP contribution < -0.4 is 10.7 Å². The highest BCUT2D eigenvalue weighted by Crippen LogP contribution is 2.16. The Bertz CT molecular complexity index is 816. The molecule has 1 aromatic heterocycles. The lowest BCUT2D eigenvalue weighted by molar-refractivity contribution is -0.120. The highest BCUT2D eigenvalue weighted by Gasteiger charge is 2.13. The Labute approximate surface area is 155 Å². The van der Waals surface area contributed by atoms with Crippen molar-refractivity contribution in [1.82, 2.24) is 5.43 Å². The zero-order valence-electron chi connectivity index (χ0n) is 14.4. The number of nitrogens with zero attached hydrogens (tertiary/aromatic N) is 1. The number of carbonyl (C=O) groups is 3. The largest absolute Gasteiger partial charge is 0.465 e. The van der Waals surface area contributed by atoms with Crippen molar-refractivity contribution >= 4 is 40.5 Å². The highest BCUT2D eigenvalue weighted by atomic mass is 32.1. The number of hydrogen-bond donors (Lipinski definition) is 2. The molecule has 0 aliphatic carbocycles. The number of nitrogens with one attached hydrogen (secondary N) is 2. The summed E-state index contributed by atoms with van der Waals surface area (Å²) in [5.74, 6) is -1.13. The van der Waals surface area contributed by atoms with Crippen molar-refractivity contribution in [3.8, 4) is 0 Å². The topological polar surface area (TPSA) is 96.9 Å². The zero-order valence-corrected chi connectivity index (χ0v) is 15.3. The van der Waals surface area contributed by atoms with Crippen molar-refractivity contribution in [2.75, 3.05) is 12.4 Å². The Morgan fingerprint density at radius 1 is 1.12 bits per heavy atom. The van der Waals surface area contributed by atoms with Crippen molar-refractivity contribution in [3.05, 3.63) is 52.2 Å². The fraction of sp³-hybridized carbons (Fsp3) is 0.222. The molecule has 1 heterocycles. The maximum absolute atomic E-state index is 12.1. The first-order chi connectivity index (χ1) is 12.5. The van der Waals surface area contributed by atoms with Crippen LogP contribution in [0.15, 0.2) is 46.9 Å². The van der Waals surface area contributed by atoms with Gasteiger partial charge in [0, 0.05) is 10.6 Å². The summed E-state index contributed by atoms with van der Waals surface area (Å²) in [7, 11) is 1.27. The van der Waals surface area contributed by atoms with Crippen LogP contribution in [0.3, 0.4) is 0 Å². The predicted molar refractivity (Wildman–Crippen MR) is 100 cm³/mol. The van der Waals surface area contributed by atoms with Crippen LogP contribution in [-0.4, -0.2) is 30.6 Å². The van der Waals surface area contributed by atoms with Gasteiger partial charge in [0.1, 0.15) is 0 Å². The summed E-state index contributed by atoms with van der Waals surface area (Å²) in [5.41, 5.74) is 3.50. The molecule has 2 N–H and O–H groups in total. The maximum atomic E-state index is 12.1. The third-order valence-electron chi connectivity index (χ3n) is 3.31. The molecule has 1 aromatic carbocycles. The molecule has 0 aliphatic heterocycles. The van der Waals surface area contributed by atoms with E-state index in [0.717, 1.165) is 4.88 Å². The zero-order chi connectivity index (χ0) is 18.9. The third kappa shape index (κ3) is 5.82. The predicted octanol–water partition coefficient (Wildman–Crippen LogP) is 2.60. The van der Waals surface area contributed by atoms with Gasteiger partial charge in [-0.3, -0.25) is 9.59 Å². The number of esters is 1. The summed E-state index contributed by atoms with van der Waals surface area (Å²) in [5, 5.41) is 8.47. The number of amides is 2. The number of anilines is 1. The van der Waals surface area contributed by atoms with Crippen LogP contribution in [0.2, 0.25) is 0 Å². The quantitative estimate of drug-likeness (QED) is 0.443. The monoisotopic (exact) mass is 373 g/mol. The lowest BCUT2D eigenvalue weighted by Crippen LogP contribution is -2.23. The van der Waals surface area contributed by atoms with E-state index < -0.39 is 5.97 Å². The maximum Gasteiger partial charge on any atom is 0.339 e. The molecule has 136 valence electrons. The van der Waals surface area contributed by atoms with Crippen molar-refractivity contribution in [3.63, 3.8) is 0 Å². The minimum absolute atomic E-state index is 0.0191. The van der Waals surface area contributed by atoms with E-state index in [-0.39, 0.29) is 30.2 Å². The fourth-order valence-electron chi connectivity index (χ4n) is 2.12. The average molecular weight is 373 g/mol. The standard InChI is InChI=1S/C18H19N3O4S/c1-12(20-21-17(23)11-13-6-5-9-26-13)10-16(22)19-15-8-4-3-7-14(15)18(24)25-2/h3-9H,10-11H2,1-2H3,(H,19,22)(H,21,23). The van der Waals surface area contributed by atoms with Gasteiger partial charge < -0.3 is 10.1 Å². The van der Waals surface area contributed by atoms with Crippen LogP contribution in [-0.2, 0) is 20.7 Å². The van der Waals surface area contributed by atoms with Gasteiger partial charge in [-0.1, -0.05) is 18.2 Å². The van der Waals surface area contributed by atoms with Crippen LogP contribution in [0, 0.1) is 0 Å². The van der Waals surface area contributed by atoms with Gasteiger partial charge >= 0.3 is 5.97 Å². The highest BCUT2D eigenvalue weighted by molar-refractivity contribution is 7.10. The minimum atomic E-state index is -0.535. The van der Waals surface area contributed by atoms with Gasteiger partial charge in [0.25, 0.3) is 0 Å². The Morgan fingerprint density at radius 3 is 2.58 bits per heavy atom. The van der Waals surface area contributed by atoms with Crippen molar-refractivity contribution in [2.24, 2.45) is 5.10 Å². The van der Waals surface area contributed by atoms with E-state index in [2.05, 4.69) is 20.6 Å². The molecule has 26 heavy (non-hydrogen) atoms. The van der Waals surface area contributed by atoms with Crippen molar-refractivity contribution < 1.29 is 19.1 Å². The second-order valence-corrected chi connectivity index (χ2v) is 6.43. The summed E-state index contributed by atoms with van der Waals surface area (Å²) in [6.07, 6.45) is 0.224. The molecule has 0 atom stereocenters. The van der Waals surface area contributed by atoms with E-state index in [1.807, 2.05) is 17.5 Å². The first kappa shape index (κ1) is 19.3. The van der Waals surface area contributed by atoms with E-state index in [1.54, 1.807) is 31.2 Å². The van der Waals surface area contributed by atoms with Crippen LogP contribution in [0.4, 0.5) is 5.69 Å². The first-order valence-corrected chi connectivity index (χ1v) is 8.69. The van der Waals surface area contributed by atoms with Crippen LogP contribution in [0.25, 0.3) is 0 Å². The molecule has 0 saturated heterocycles. The van der Waals surface area contributed by atoms with Gasteiger partial charge in [0.2, 0.25) is 11.8 Å². The second-order valence-electron chi connectivity index (χ2n) is 5.40. The summed E-state index contributed by atoms with van der Waals surface area (Å²) < 4.78 is 4.69. The first-order valence-electron chi connectivity index (χ1n) is 7.81. The number of carbonyl (C=O) groups excluding carboxylic acids is 3. The number of hydrogen-bond acceptors (Lipinski definition) is 6. The number of thiophene rings is 1. The number of benzene rings is 1. The molecule has 0 radical (unpaired) electrons. The van der Waals surface area contributed by atoms with E-state index >= 15 is 0 Å². The Balaban J connectivity index is 1.89. The number of methoxy groups -OCH3 is 1. The molecule has 0 saturated carbocycles. The van der Waals surface area contributed by atoms with E-state index in [1.165, 1.54) is 18.4 Å². The lowest BCUT2D eigenvalue weighted by atomic mass is 10.1. The number of ether oxygens (including phenoxy) is 1. The number of rotatable bonds is 7. The molecule has 0 fully saturated rings. The molecule has 2 rings (SSSR count). The molecule has 2 amide bonds. The third-order valence-corrected chi connectivity index (χ3v) is 4.19. The summed E-state index contributed by atoms with van der Waals surface area (Å²) in [4.78, 5) is 36.6. The Hall–Kier alpha value is -3.00. The molecule has 8 heteroatoms. The Kier molecular flexibility index (Phi) is 7.04. The van der Waals surface area contributed by atoms with E-state index in [9.17, 15) is 14.4 Å². The van der Waals surface area contributed by atoms with Crippen molar-refractivity contribution in [1.29, 1.82) is 0 Å². The van der Waals surface area contributed by atoms with Gasteiger partial charge in [0.05, 0.1) is 31.2 Å². The SMILES string of the molecule is COC(=O)c1ccccc1NC(=O)CC(C)=NNC(=O)Cc1cccs1. The van der Waals surface area contributed by atoms with Crippen LogP contribution in [0.1, 0.15) is 28.6 Å². The van der Waals surface area contributed by atoms with Gasteiger partial charge in [0.15, 0.2) is 0 Å². The molecular formula is C18H19N3O4S. The number of hydrazone groups is 1. The summed E-state index contributed by atoms with van der Waals surface area (Å²) in [6.45, 7) is 1.64. The molecule has 0 bridgehead atoms. The van der Waals surface area contributed by atoms with Gasteiger partial charge in [-0.2, -0.15) is 5.10 Å². The Morgan fingerprint density at radius 2 is 1.88 bits per heavy atom. The second kappa shape index (κ2) is 9.47. The van der Waals surface area contributed by atoms with Gasteiger partial charge in [-0.05, 0) is 30.5 Å². The molecule has 0 aliphatic rings. The lowest BCUT2D eigenvalue weighted by Gasteiger charge is -2.09.